The van der Waals surface area contributed by atoms with Crippen molar-refractivity contribution in [3.63, 3.8) is 0 Å². The topological polar surface area (TPSA) is 64.3 Å². The number of hydrogen-bond donors (Lipinski definition) is 2. The van der Waals surface area contributed by atoms with Crippen molar-refractivity contribution in [1.82, 2.24) is 5.32 Å². The lowest BCUT2D eigenvalue weighted by molar-refractivity contribution is -0.121. The van der Waals surface area contributed by atoms with E-state index in [1.807, 2.05) is 0 Å². The van der Waals surface area contributed by atoms with Gasteiger partial charge in [0, 0.05) is 12.7 Å². The number of carbonyl (C=O) groups excluding carboxylic acids is 1. The van der Waals surface area contributed by atoms with Crippen molar-refractivity contribution in [3.05, 3.63) is 22.7 Å². The van der Waals surface area contributed by atoms with Gasteiger partial charge >= 0.3 is 0 Å². The molecule has 0 bridgehead atoms. The molecule has 4 nitrogen and oxygen atoms in total. The highest BCUT2D eigenvalue weighted by molar-refractivity contribution is 9.10. The highest BCUT2D eigenvalue weighted by atomic mass is 79.9. The maximum Gasteiger partial charge on any atom is 0.223 e. The minimum atomic E-state index is -0.0463. The molecule has 0 aliphatic rings. The number of amides is 1. The molecule has 0 atom stereocenters. The second-order valence-corrected chi connectivity index (χ2v) is 3.72. The molecule has 1 aromatic rings. The van der Waals surface area contributed by atoms with E-state index < -0.39 is 0 Å². The van der Waals surface area contributed by atoms with Crippen molar-refractivity contribution >= 4 is 27.5 Å². The Hall–Kier alpha value is -1.23. The molecule has 0 saturated carbocycles. The van der Waals surface area contributed by atoms with Crippen LogP contribution in [0.2, 0.25) is 0 Å². The van der Waals surface area contributed by atoms with Crippen molar-refractivity contribution in [2.75, 3.05) is 19.4 Å². The van der Waals surface area contributed by atoms with Crippen LogP contribution < -0.4 is 15.8 Å². The number of nitrogens with two attached hydrogens (primary N) is 1. The lowest BCUT2D eigenvalue weighted by Crippen LogP contribution is -2.20. The summed E-state index contributed by atoms with van der Waals surface area (Å²) in [6.45, 7) is 0.335. The second-order valence-electron chi connectivity index (χ2n) is 2.93. The van der Waals surface area contributed by atoms with Crippen LogP contribution in [-0.4, -0.2) is 19.6 Å². The van der Waals surface area contributed by atoms with Crippen LogP contribution in [0.4, 0.5) is 5.69 Å². The average Bonchev–Trinajstić information content (AvgIpc) is 2.24. The number of anilines is 1. The molecule has 0 aliphatic carbocycles. The van der Waals surface area contributed by atoms with Gasteiger partial charge in [0.05, 0.1) is 17.5 Å². The molecule has 0 aromatic heterocycles. The standard InChI is InChI=1S/C10H13BrN2O2/c1-13-9(14)5-6-15-8-4-2-3-7(12)10(8)11/h2-4H,5-6,12H2,1H3,(H,13,14). The van der Waals surface area contributed by atoms with Gasteiger partial charge < -0.3 is 15.8 Å². The van der Waals surface area contributed by atoms with Crippen LogP contribution in [0.3, 0.4) is 0 Å². The van der Waals surface area contributed by atoms with Crippen LogP contribution in [-0.2, 0) is 4.79 Å². The van der Waals surface area contributed by atoms with E-state index in [4.69, 9.17) is 10.5 Å². The van der Waals surface area contributed by atoms with E-state index in [-0.39, 0.29) is 5.91 Å². The third kappa shape index (κ3) is 3.43. The van der Waals surface area contributed by atoms with Gasteiger partial charge in [-0.3, -0.25) is 4.79 Å². The molecule has 15 heavy (non-hydrogen) atoms. The van der Waals surface area contributed by atoms with E-state index in [0.717, 1.165) is 4.47 Å². The summed E-state index contributed by atoms with van der Waals surface area (Å²) in [5.74, 6) is 0.605. The van der Waals surface area contributed by atoms with Gasteiger partial charge in [0.15, 0.2) is 0 Å². The van der Waals surface area contributed by atoms with Crippen LogP contribution in [0.15, 0.2) is 22.7 Å². The predicted octanol–water partition coefficient (Wildman–Crippen LogP) is 1.55. The van der Waals surface area contributed by atoms with Crippen LogP contribution in [0.1, 0.15) is 6.42 Å². The first-order chi connectivity index (χ1) is 7.15. The van der Waals surface area contributed by atoms with Crippen LogP contribution in [0, 0.1) is 0 Å². The lowest BCUT2D eigenvalue weighted by atomic mass is 10.3. The molecule has 0 fully saturated rings. The van der Waals surface area contributed by atoms with Gasteiger partial charge in [-0.1, -0.05) is 6.07 Å². The summed E-state index contributed by atoms with van der Waals surface area (Å²) in [7, 11) is 1.60. The van der Waals surface area contributed by atoms with Crippen LogP contribution in [0.25, 0.3) is 0 Å². The largest absolute Gasteiger partial charge is 0.492 e. The molecule has 0 heterocycles. The van der Waals surface area contributed by atoms with Gasteiger partial charge in [-0.2, -0.15) is 0 Å². The molecule has 3 N–H and O–H groups in total. The predicted molar refractivity (Wildman–Crippen MR) is 62.7 cm³/mol. The van der Waals surface area contributed by atoms with Gasteiger partial charge in [0.1, 0.15) is 5.75 Å². The minimum absolute atomic E-state index is 0.0463. The summed E-state index contributed by atoms with van der Waals surface area (Å²) in [5, 5.41) is 2.52. The zero-order valence-electron chi connectivity index (χ0n) is 8.42. The third-order valence-electron chi connectivity index (χ3n) is 1.86. The first-order valence-electron chi connectivity index (χ1n) is 4.52. The van der Waals surface area contributed by atoms with Gasteiger partial charge in [-0.25, -0.2) is 0 Å². The first-order valence-corrected chi connectivity index (χ1v) is 5.32. The van der Waals surface area contributed by atoms with Crippen molar-refractivity contribution in [2.24, 2.45) is 0 Å². The van der Waals surface area contributed by atoms with Crippen molar-refractivity contribution < 1.29 is 9.53 Å². The molecule has 5 heteroatoms. The SMILES string of the molecule is CNC(=O)CCOc1cccc(N)c1Br. The molecule has 82 valence electrons. The normalized spacial score (nSPS) is 9.73. The molecule has 0 unspecified atom stereocenters. The smallest absolute Gasteiger partial charge is 0.223 e. The zero-order chi connectivity index (χ0) is 11.3. The Balaban J connectivity index is 2.51. The fourth-order valence-corrected chi connectivity index (χ4v) is 1.40. The van der Waals surface area contributed by atoms with Crippen LogP contribution in [0.5, 0.6) is 5.75 Å². The Bertz CT molecular complexity index is 355. The summed E-state index contributed by atoms with van der Waals surface area (Å²) in [5.41, 5.74) is 6.29. The van der Waals surface area contributed by atoms with Crippen molar-refractivity contribution in [1.29, 1.82) is 0 Å². The number of rotatable bonds is 4. The molecule has 0 spiro atoms. The molecule has 1 amide bonds. The Morgan fingerprint density at radius 1 is 1.60 bits per heavy atom. The van der Waals surface area contributed by atoms with Crippen molar-refractivity contribution in [2.45, 2.75) is 6.42 Å². The van der Waals surface area contributed by atoms with E-state index in [2.05, 4.69) is 21.2 Å². The monoisotopic (exact) mass is 272 g/mol. The maximum absolute atomic E-state index is 10.9. The zero-order valence-corrected chi connectivity index (χ0v) is 10.0. The van der Waals surface area contributed by atoms with E-state index in [9.17, 15) is 4.79 Å². The van der Waals surface area contributed by atoms with Gasteiger partial charge in [-0.05, 0) is 28.1 Å². The van der Waals surface area contributed by atoms with Crippen molar-refractivity contribution in [3.8, 4) is 5.75 Å². The van der Waals surface area contributed by atoms with E-state index in [1.54, 1.807) is 25.2 Å². The molecule has 0 radical (unpaired) electrons. The molecule has 1 aromatic carbocycles. The summed E-state index contributed by atoms with van der Waals surface area (Å²) < 4.78 is 6.13. The Morgan fingerprint density at radius 2 is 2.33 bits per heavy atom. The Kier molecular flexibility index (Phi) is 4.42. The molecule has 1 rings (SSSR count). The Morgan fingerprint density at radius 3 is 3.00 bits per heavy atom. The van der Waals surface area contributed by atoms with Gasteiger partial charge in [0.2, 0.25) is 5.91 Å². The summed E-state index contributed by atoms with van der Waals surface area (Å²) in [6, 6.07) is 5.37. The minimum Gasteiger partial charge on any atom is -0.492 e. The molecular formula is C10H13BrN2O2. The number of nitrogen functional groups attached to an aromatic ring is 1. The molecule has 0 aliphatic heterocycles. The fourth-order valence-electron chi connectivity index (χ4n) is 1.02. The summed E-state index contributed by atoms with van der Waals surface area (Å²) >= 11 is 3.31. The number of nitrogens with one attached hydrogen (secondary N) is 1. The number of halogens is 1. The highest BCUT2D eigenvalue weighted by Crippen LogP contribution is 2.30. The average molecular weight is 273 g/mol. The number of benzene rings is 1. The second kappa shape index (κ2) is 5.60. The van der Waals surface area contributed by atoms with E-state index >= 15 is 0 Å². The van der Waals surface area contributed by atoms with Gasteiger partial charge in [0.25, 0.3) is 0 Å². The summed E-state index contributed by atoms with van der Waals surface area (Å²) in [6.07, 6.45) is 0.331. The van der Waals surface area contributed by atoms with Gasteiger partial charge in [-0.15, -0.1) is 0 Å². The quantitative estimate of drug-likeness (QED) is 0.818. The number of ether oxygens (including phenoxy) is 1. The van der Waals surface area contributed by atoms with E-state index in [0.29, 0.717) is 24.5 Å². The van der Waals surface area contributed by atoms with E-state index in [1.165, 1.54) is 0 Å². The first kappa shape index (κ1) is 11.8. The molecular weight excluding hydrogens is 260 g/mol. The maximum atomic E-state index is 10.9. The lowest BCUT2D eigenvalue weighted by Gasteiger charge is -2.08. The Labute approximate surface area is 96.9 Å². The number of carbonyl (C=O) groups is 1. The third-order valence-corrected chi connectivity index (χ3v) is 2.71. The fraction of sp³-hybridized carbons (Fsp3) is 0.300. The molecule has 0 saturated heterocycles. The highest BCUT2D eigenvalue weighted by Gasteiger charge is 2.04. The summed E-state index contributed by atoms with van der Waals surface area (Å²) in [4.78, 5) is 10.9. The number of hydrogen-bond acceptors (Lipinski definition) is 3. The van der Waals surface area contributed by atoms with Crippen LogP contribution >= 0.6 is 15.9 Å².